The van der Waals surface area contributed by atoms with E-state index in [1.54, 1.807) is 0 Å². The van der Waals surface area contributed by atoms with Gasteiger partial charge in [-0.15, -0.1) is 0 Å². The Morgan fingerprint density at radius 3 is 1.95 bits per heavy atom. The van der Waals surface area contributed by atoms with Gasteiger partial charge in [-0.1, -0.05) is 98.8 Å². The predicted octanol–water partition coefficient (Wildman–Crippen LogP) is 4.92. The quantitative estimate of drug-likeness (QED) is 0.346. The molecule has 3 rings (SSSR count). The van der Waals surface area contributed by atoms with Crippen molar-refractivity contribution in [2.45, 2.75) is 45.7 Å². The molecule has 0 saturated heterocycles. The van der Waals surface area contributed by atoms with E-state index >= 15 is 0 Å². The van der Waals surface area contributed by atoms with E-state index in [1.165, 1.54) is 7.11 Å². The highest BCUT2D eigenvalue weighted by Crippen LogP contribution is 2.21. The zero-order valence-electron chi connectivity index (χ0n) is 21.8. The molecule has 6 nitrogen and oxygen atoms in total. The van der Waals surface area contributed by atoms with Crippen molar-refractivity contribution >= 4 is 17.8 Å². The minimum absolute atomic E-state index is 0.0232. The minimum Gasteiger partial charge on any atom is -0.469 e. The van der Waals surface area contributed by atoms with Crippen molar-refractivity contribution in [3.05, 3.63) is 96.1 Å². The maximum atomic E-state index is 13.3. The normalized spacial score (nSPS) is 12.4. The lowest BCUT2D eigenvalue weighted by Gasteiger charge is -2.23. The van der Waals surface area contributed by atoms with Gasteiger partial charge in [0.25, 0.3) is 0 Å². The number of amides is 2. The summed E-state index contributed by atoms with van der Waals surface area (Å²) in [7, 11) is 1.31. The van der Waals surface area contributed by atoms with Crippen LogP contribution in [0.4, 0.5) is 0 Å². The summed E-state index contributed by atoms with van der Waals surface area (Å²) in [5, 5.41) is 5.87. The zero-order valence-corrected chi connectivity index (χ0v) is 21.8. The molecule has 0 fully saturated rings. The molecule has 6 heteroatoms. The van der Waals surface area contributed by atoms with Gasteiger partial charge in [0, 0.05) is 18.9 Å². The Bertz CT molecular complexity index is 1140. The summed E-state index contributed by atoms with van der Waals surface area (Å²) in [5.74, 6) is -1.40. The van der Waals surface area contributed by atoms with Crippen molar-refractivity contribution in [1.29, 1.82) is 0 Å². The van der Waals surface area contributed by atoms with Crippen LogP contribution in [0.3, 0.4) is 0 Å². The number of methoxy groups -OCH3 is 1. The molecular formula is C31H36N2O4. The largest absolute Gasteiger partial charge is 0.469 e. The van der Waals surface area contributed by atoms with Crippen molar-refractivity contribution in [3.8, 4) is 11.1 Å². The van der Waals surface area contributed by atoms with Gasteiger partial charge < -0.3 is 15.4 Å². The molecule has 2 N–H and O–H groups in total. The molecule has 0 aliphatic heterocycles. The fraction of sp³-hybridized carbons (Fsp3) is 0.323. The van der Waals surface area contributed by atoms with Crippen LogP contribution < -0.4 is 10.6 Å². The standard InChI is InChI=1S/C31H36N2O4/c1-22(2)18-27(20-29(34)37-3)30(35)33-28(31(36)32-21-24-10-6-4-7-11-24)19-23-14-16-26(17-15-23)25-12-8-5-9-13-25/h4-17,22,27-28H,18-21H2,1-3H3,(H,32,36)(H,33,35)/t27-,28+/m1/s1. The van der Waals surface area contributed by atoms with E-state index < -0.39 is 17.9 Å². The number of nitrogens with one attached hydrogen (secondary N) is 2. The SMILES string of the molecule is COC(=O)C[C@@H](CC(C)C)C(=O)N[C@@H](Cc1ccc(-c2ccccc2)cc1)C(=O)NCc1ccccc1. The Hall–Kier alpha value is -3.93. The number of carbonyl (C=O) groups is 3. The van der Waals surface area contributed by atoms with E-state index in [2.05, 4.69) is 10.6 Å². The summed E-state index contributed by atoms with van der Waals surface area (Å²) in [4.78, 5) is 38.4. The first kappa shape index (κ1) is 27.7. The Morgan fingerprint density at radius 2 is 1.35 bits per heavy atom. The molecule has 0 unspecified atom stereocenters. The Labute approximate surface area is 219 Å². The molecule has 0 aliphatic carbocycles. The lowest BCUT2D eigenvalue weighted by molar-refractivity contribution is -0.144. The minimum atomic E-state index is -0.786. The molecule has 2 atom stereocenters. The first-order valence-electron chi connectivity index (χ1n) is 12.7. The number of carbonyl (C=O) groups excluding carboxylic acids is 3. The van der Waals surface area contributed by atoms with Crippen molar-refractivity contribution in [2.24, 2.45) is 11.8 Å². The third-order valence-corrected chi connectivity index (χ3v) is 6.21. The zero-order chi connectivity index (χ0) is 26.6. The van der Waals surface area contributed by atoms with E-state index in [9.17, 15) is 14.4 Å². The van der Waals surface area contributed by atoms with Gasteiger partial charge in [0.1, 0.15) is 6.04 Å². The summed E-state index contributed by atoms with van der Waals surface area (Å²) in [6.45, 7) is 4.35. The van der Waals surface area contributed by atoms with Crippen LogP contribution in [0.1, 0.15) is 37.8 Å². The molecule has 3 aromatic rings. The van der Waals surface area contributed by atoms with Gasteiger partial charge in [0.05, 0.1) is 13.5 Å². The lowest BCUT2D eigenvalue weighted by Crippen LogP contribution is -2.49. The maximum absolute atomic E-state index is 13.3. The Morgan fingerprint density at radius 1 is 0.757 bits per heavy atom. The van der Waals surface area contributed by atoms with Crippen molar-refractivity contribution in [1.82, 2.24) is 10.6 Å². The second kappa shape index (κ2) is 14.0. The summed E-state index contributed by atoms with van der Waals surface area (Å²) in [6.07, 6.45) is 0.823. The van der Waals surface area contributed by atoms with E-state index in [-0.39, 0.29) is 24.2 Å². The molecule has 0 radical (unpaired) electrons. The number of esters is 1. The fourth-order valence-electron chi connectivity index (χ4n) is 4.24. The first-order chi connectivity index (χ1) is 17.9. The van der Waals surface area contributed by atoms with Crippen LogP contribution in [0.2, 0.25) is 0 Å². The summed E-state index contributed by atoms with van der Waals surface area (Å²) >= 11 is 0. The van der Waals surface area contributed by atoms with Crippen LogP contribution in [-0.4, -0.2) is 30.9 Å². The number of rotatable bonds is 12. The van der Waals surface area contributed by atoms with Crippen LogP contribution in [0.25, 0.3) is 11.1 Å². The molecular weight excluding hydrogens is 464 g/mol. The predicted molar refractivity (Wildman–Crippen MR) is 145 cm³/mol. The van der Waals surface area contributed by atoms with Crippen LogP contribution >= 0.6 is 0 Å². The van der Waals surface area contributed by atoms with Gasteiger partial charge in [-0.25, -0.2) is 0 Å². The van der Waals surface area contributed by atoms with Crippen LogP contribution in [-0.2, 0) is 32.1 Å². The molecule has 3 aromatic carbocycles. The Balaban J connectivity index is 1.76. The maximum Gasteiger partial charge on any atom is 0.306 e. The first-order valence-corrected chi connectivity index (χ1v) is 12.7. The smallest absolute Gasteiger partial charge is 0.306 e. The molecule has 37 heavy (non-hydrogen) atoms. The number of hydrogen-bond acceptors (Lipinski definition) is 4. The van der Waals surface area contributed by atoms with E-state index in [0.29, 0.717) is 19.4 Å². The average molecular weight is 501 g/mol. The monoisotopic (exact) mass is 500 g/mol. The van der Waals surface area contributed by atoms with Crippen molar-refractivity contribution < 1.29 is 19.1 Å². The second-order valence-electron chi connectivity index (χ2n) is 9.64. The van der Waals surface area contributed by atoms with Gasteiger partial charge >= 0.3 is 5.97 Å². The summed E-state index contributed by atoms with van der Waals surface area (Å²) < 4.78 is 4.80. The van der Waals surface area contributed by atoms with Crippen LogP contribution in [0.15, 0.2) is 84.9 Å². The molecule has 0 bridgehead atoms. The van der Waals surface area contributed by atoms with Gasteiger partial charge in [0.2, 0.25) is 11.8 Å². The van der Waals surface area contributed by atoms with Crippen molar-refractivity contribution in [2.75, 3.05) is 7.11 Å². The average Bonchev–Trinajstić information content (AvgIpc) is 2.92. The Kier molecular flexibility index (Phi) is 10.4. The fourth-order valence-corrected chi connectivity index (χ4v) is 4.24. The summed E-state index contributed by atoms with van der Waals surface area (Å²) in [6, 6.07) is 26.9. The van der Waals surface area contributed by atoms with Gasteiger partial charge in [-0.3, -0.25) is 14.4 Å². The highest BCUT2D eigenvalue weighted by Gasteiger charge is 2.28. The highest BCUT2D eigenvalue weighted by atomic mass is 16.5. The highest BCUT2D eigenvalue weighted by molar-refractivity contribution is 5.90. The van der Waals surface area contributed by atoms with Gasteiger partial charge in [0.15, 0.2) is 0 Å². The van der Waals surface area contributed by atoms with Gasteiger partial charge in [-0.05, 0) is 34.6 Å². The van der Waals surface area contributed by atoms with Crippen LogP contribution in [0.5, 0.6) is 0 Å². The molecule has 0 heterocycles. The van der Waals surface area contributed by atoms with E-state index in [0.717, 1.165) is 22.3 Å². The topological polar surface area (TPSA) is 84.5 Å². The van der Waals surface area contributed by atoms with Gasteiger partial charge in [-0.2, -0.15) is 0 Å². The van der Waals surface area contributed by atoms with E-state index in [1.807, 2.05) is 98.8 Å². The third-order valence-electron chi connectivity index (χ3n) is 6.21. The third kappa shape index (κ3) is 8.90. The number of ether oxygens (including phenoxy) is 1. The summed E-state index contributed by atoms with van der Waals surface area (Å²) in [5.41, 5.74) is 4.08. The molecule has 0 spiro atoms. The molecule has 0 saturated carbocycles. The number of benzene rings is 3. The molecule has 2 amide bonds. The van der Waals surface area contributed by atoms with Crippen LogP contribution in [0, 0.1) is 11.8 Å². The number of hydrogen-bond donors (Lipinski definition) is 2. The lowest BCUT2D eigenvalue weighted by atomic mass is 9.92. The molecule has 194 valence electrons. The second-order valence-corrected chi connectivity index (χ2v) is 9.64. The van der Waals surface area contributed by atoms with E-state index in [4.69, 9.17) is 4.74 Å². The molecule has 0 aromatic heterocycles. The van der Waals surface area contributed by atoms with Crippen molar-refractivity contribution in [3.63, 3.8) is 0 Å². The molecule has 0 aliphatic rings.